The highest BCUT2D eigenvalue weighted by atomic mass is 32.2. The van der Waals surface area contributed by atoms with Crippen LogP contribution >= 0.6 is 23.1 Å². The maximum atomic E-state index is 11.5. The van der Waals surface area contributed by atoms with Gasteiger partial charge in [0.25, 0.3) is 17.3 Å². The lowest BCUT2D eigenvalue weighted by molar-refractivity contribution is -0.387. The van der Waals surface area contributed by atoms with Crippen LogP contribution in [0.5, 0.6) is 0 Å². The molecule has 1 aromatic heterocycles. The van der Waals surface area contributed by atoms with E-state index in [2.05, 4.69) is 4.98 Å². The summed E-state index contributed by atoms with van der Waals surface area (Å²) >= 11 is 2.22. The van der Waals surface area contributed by atoms with Crippen molar-refractivity contribution in [2.24, 2.45) is 5.73 Å². The number of nitro groups is 2. The topological polar surface area (TPSA) is 166 Å². The first-order chi connectivity index (χ1) is 13.8. The van der Waals surface area contributed by atoms with Crippen molar-refractivity contribution in [3.05, 3.63) is 67.8 Å². The minimum atomic E-state index is -0.933. The van der Waals surface area contributed by atoms with Crippen molar-refractivity contribution < 1.29 is 14.6 Å². The molecular formula is C17H9N5O5S2. The Morgan fingerprint density at radius 2 is 1.97 bits per heavy atom. The van der Waals surface area contributed by atoms with E-state index in [1.807, 2.05) is 0 Å². The van der Waals surface area contributed by atoms with Crippen LogP contribution in [0.15, 0.2) is 51.2 Å². The predicted molar refractivity (Wildman–Crippen MR) is 106 cm³/mol. The molecule has 2 N–H and O–H groups in total. The third-order valence-electron chi connectivity index (χ3n) is 3.64. The molecule has 1 heterocycles. The number of amides is 1. The van der Waals surface area contributed by atoms with Crippen LogP contribution in [0.1, 0.15) is 5.56 Å². The summed E-state index contributed by atoms with van der Waals surface area (Å²) in [5.74, 6) is -0.933. The molecule has 10 nitrogen and oxygen atoms in total. The molecule has 0 fully saturated rings. The van der Waals surface area contributed by atoms with E-state index in [9.17, 15) is 25.0 Å². The van der Waals surface area contributed by atoms with Gasteiger partial charge in [-0.3, -0.25) is 25.0 Å². The van der Waals surface area contributed by atoms with E-state index in [0.29, 0.717) is 19.5 Å². The number of carbonyl (C=O) groups excluding carboxylic acids is 1. The maximum absolute atomic E-state index is 11.5. The molecular weight excluding hydrogens is 418 g/mol. The van der Waals surface area contributed by atoms with Crippen molar-refractivity contribution in [2.75, 3.05) is 0 Å². The van der Waals surface area contributed by atoms with Gasteiger partial charge in [0.1, 0.15) is 11.6 Å². The summed E-state index contributed by atoms with van der Waals surface area (Å²) in [6.07, 6.45) is 1.17. The van der Waals surface area contributed by atoms with E-state index in [-0.39, 0.29) is 22.5 Å². The highest BCUT2D eigenvalue weighted by Gasteiger charge is 2.18. The lowest BCUT2D eigenvalue weighted by Gasteiger charge is -2.02. The molecule has 0 spiro atoms. The van der Waals surface area contributed by atoms with Crippen LogP contribution in [0.4, 0.5) is 11.4 Å². The molecule has 0 radical (unpaired) electrons. The van der Waals surface area contributed by atoms with Gasteiger partial charge < -0.3 is 5.73 Å². The van der Waals surface area contributed by atoms with Gasteiger partial charge in [-0.25, -0.2) is 4.98 Å². The Bertz CT molecular complexity index is 1240. The van der Waals surface area contributed by atoms with Crippen molar-refractivity contribution in [3.63, 3.8) is 0 Å². The Balaban J connectivity index is 1.97. The Hall–Kier alpha value is -3.82. The third kappa shape index (κ3) is 4.37. The molecule has 0 saturated carbocycles. The first-order valence-corrected chi connectivity index (χ1v) is 9.34. The van der Waals surface area contributed by atoms with Crippen LogP contribution in [-0.2, 0) is 4.79 Å². The number of hydrogen-bond donors (Lipinski definition) is 1. The number of fused-ring (bicyclic) bond motifs is 1. The minimum Gasteiger partial charge on any atom is -0.365 e. The molecule has 0 bridgehead atoms. The molecule has 0 aliphatic carbocycles. The monoisotopic (exact) mass is 427 g/mol. The largest absolute Gasteiger partial charge is 0.365 e. The Kier molecular flexibility index (Phi) is 5.53. The summed E-state index contributed by atoms with van der Waals surface area (Å²) < 4.78 is 1.06. The number of nitriles is 1. The molecule has 0 saturated heterocycles. The van der Waals surface area contributed by atoms with Gasteiger partial charge in [0.2, 0.25) is 0 Å². The lowest BCUT2D eigenvalue weighted by Crippen LogP contribution is -2.12. The van der Waals surface area contributed by atoms with Crippen molar-refractivity contribution >= 4 is 56.7 Å². The fourth-order valence-electron chi connectivity index (χ4n) is 2.32. The van der Waals surface area contributed by atoms with Crippen LogP contribution in [0.25, 0.3) is 16.3 Å². The lowest BCUT2D eigenvalue weighted by atomic mass is 10.1. The van der Waals surface area contributed by atoms with E-state index in [1.54, 1.807) is 6.07 Å². The van der Waals surface area contributed by atoms with Crippen LogP contribution in [-0.4, -0.2) is 20.7 Å². The molecule has 0 aliphatic heterocycles. The number of aromatic nitrogens is 1. The molecule has 1 amide bonds. The molecule has 0 atom stereocenters. The molecule has 29 heavy (non-hydrogen) atoms. The van der Waals surface area contributed by atoms with Gasteiger partial charge in [0.05, 0.1) is 25.0 Å². The Labute approximate surface area is 170 Å². The van der Waals surface area contributed by atoms with Crippen LogP contribution in [0.2, 0.25) is 0 Å². The zero-order chi connectivity index (χ0) is 21.1. The molecule has 2 aromatic carbocycles. The molecule has 3 aromatic rings. The number of nitro benzene ring substituents is 2. The smallest absolute Gasteiger partial charge is 0.283 e. The number of hydrogen-bond acceptors (Lipinski definition) is 9. The fraction of sp³-hybridized carbons (Fsp3) is 0. The highest BCUT2D eigenvalue weighted by molar-refractivity contribution is 8.01. The standard InChI is InChI=1S/C17H9N5O5S2/c18-8-10(16(19)23)5-9-1-4-14(13(6-9)22(26)27)28-17-20-12-3-2-11(21(24)25)7-15(12)29-17/h1-7H,(H2,19,23)/b10-5+. The molecule has 0 aliphatic rings. The fourth-order valence-corrected chi connectivity index (χ4v) is 4.46. The van der Waals surface area contributed by atoms with E-state index in [1.165, 1.54) is 53.8 Å². The summed E-state index contributed by atoms with van der Waals surface area (Å²) in [7, 11) is 0. The van der Waals surface area contributed by atoms with Crippen molar-refractivity contribution in [3.8, 4) is 6.07 Å². The summed E-state index contributed by atoms with van der Waals surface area (Å²) in [6, 6.07) is 10.1. The quantitative estimate of drug-likeness (QED) is 0.269. The average molecular weight is 427 g/mol. The van der Waals surface area contributed by atoms with E-state index in [4.69, 9.17) is 11.0 Å². The molecule has 12 heteroatoms. The second-order valence-corrected chi connectivity index (χ2v) is 7.83. The third-order valence-corrected chi connectivity index (χ3v) is 5.78. The molecule has 0 unspecified atom stereocenters. The van der Waals surface area contributed by atoms with E-state index in [0.717, 1.165) is 11.8 Å². The number of rotatable bonds is 6. The summed E-state index contributed by atoms with van der Waals surface area (Å²) in [5, 5.41) is 31.3. The maximum Gasteiger partial charge on any atom is 0.283 e. The summed E-state index contributed by atoms with van der Waals surface area (Å²) in [5.41, 5.74) is 5.26. The van der Waals surface area contributed by atoms with Crippen molar-refractivity contribution in [1.82, 2.24) is 4.98 Å². The average Bonchev–Trinajstić information content (AvgIpc) is 3.07. The van der Waals surface area contributed by atoms with Crippen molar-refractivity contribution in [2.45, 2.75) is 9.24 Å². The van der Waals surface area contributed by atoms with Gasteiger partial charge in [-0.2, -0.15) is 5.26 Å². The Morgan fingerprint density at radius 1 is 1.21 bits per heavy atom. The van der Waals surface area contributed by atoms with Gasteiger partial charge in [-0.05, 0) is 23.8 Å². The number of nitrogens with two attached hydrogens (primary N) is 1. The first kappa shape index (κ1) is 19.9. The highest BCUT2D eigenvalue weighted by Crippen LogP contribution is 2.39. The second-order valence-electron chi connectivity index (χ2n) is 5.51. The minimum absolute atomic E-state index is 0.0671. The number of benzene rings is 2. The number of primary amides is 1. The number of carbonyl (C=O) groups is 1. The van der Waals surface area contributed by atoms with Crippen molar-refractivity contribution in [1.29, 1.82) is 5.26 Å². The van der Waals surface area contributed by atoms with E-state index >= 15 is 0 Å². The number of nitrogens with zero attached hydrogens (tertiary/aromatic N) is 4. The normalized spacial score (nSPS) is 11.2. The summed E-state index contributed by atoms with van der Waals surface area (Å²) in [6.45, 7) is 0. The van der Waals surface area contributed by atoms with Crippen LogP contribution < -0.4 is 5.73 Å². The SMILES string of the molecule is N#C/C(=C\c1ccc(Sc2nc3ccc([N+](=O)[O-])cc3s2)c([N+](=O)[O-])c1)C(N)=O. The van der Waals surface area contributed by atoms with Gasteiger partial charge in [0, 0.05) is 18.2 Å². The molecule has 3 rings (SSSR count). The van der Waals surface area contributed by atoms with E-state index < -0.39 is 15.8 Å². The second kappa shape index (κ2) is 8.05. The van der Waals surface area contributed by atoms with Gasteiger partial charge >= 0.3 is 0 Å². The summed E-state index contributed by atoms with van der Waals surface area (Å²) in [4.78, 5) is 37.0. The van der Waals surface area contributed by atoms with Gasteiger partial charge in [-0.15, -0.1) is 11.3 Å². The predicted octanol–water partition coefficient (Wildman–Crippen LogP) is 3.66. The number of thiazole rings is 1. The number of non-ortho nitro benzene ring substituents is 1. The Morgan fingerprint density at radius 3 is 2.59 bits per heavy atom. The molecule has 144 valence electrons. The zero-order valence-electron chi connectivity index (χ0n) is 14.3. The van der Waals surface area contributed by atoms with Gasteiger partial charge in [-0.1, -0.05) is 17.8 Å². The van der Waals surface area contributed by atoms with Crippen LogP contribution in [0, 0.1) is 31.6 Å². The van der Waals surface area contributed by atoms with Gasteiger partial charge in [0.15, 0.2) is 4.34 Å². The van der Waals surface area contributed by atoms with Crippen LogP contribution in [0.3, 0.4) is 0 Å². The zero-order valence-corrected chi connectivity index (χ0v) is 15.9. The first-order valence-electron chi connectivity index (χ1n) is 7.71.